The molecule has 4 amide bonds. The van der Waals surface area contributed by atoms with Gasteiger partial charge in [0.2, 0.25) is 0 Å². The smallest absolute Gasteiger partial charge is 0.315 e. The van der Waals surface area contributed by atoms with Crippen LogP contribution in [0.15, 0.2) is 70.5 Å². The molecule has 3 aromatic carbocycles. The van der Waals surface area contributed by atoms with Gasteiger partial charge < -0.3 is 30.7 Å². The third-order valence-electron chi connectivity index (χ3n) is 7.03. The Labute approximate surface area is 259 Å². The van der Waals surface area contributed by atoms with E-state index in [4.69, 9.17) is 9.47 Å². The fourth-order valence-corrected chi connectivity index (χ4v) is 5.52. The summed E-state index contributed by atoms with van der Waals surface area (Å²) in [7, 11) is 0. The van der Waals surface area contributed by atoms with Crippen molar-refractivity contribution in [3.63, 3.8) is 0 Å². The lowest BCUT2D eigenvalue weighted by molar-refractivity contribution is 0.235. The van der Waals surface area contributed by atoms with Crippen LogP contribution in [0.5, 0.6) is 11.5 Å². The topological polar surface area (TPSA) is 101 Å². The highest BCUT2D eigenvalue weighted by molar-refractivity contribution is 7.99. The molecule has 0 radical (unpaired) electrons. The van der Waals surface area contributed by atoms with Crippen LogP contribution in [0.3, 0.4) is 0 Å². The van der Waals surface area contributed by atoms with Gasteiger partial charge in [0.25, 0.3) is 0 Å². The van der Waals surface area contributed by atoms with Crippen molar-refractivity contribution in [3.8, 4) is 11.5 Å². The Morgan fingerprint density at radius 1 is 0.605 bits per heavy atom. The predicted octanol–water partition coefficient (Wildman–Crippen LogP) is 6.50. The van der Waals surface area contributed by atoms with Crippen LogP contribution in [0.25, 0.3) is 0 Å². The molecule has 0 saturated carbocycles. The van der Waals surface area contributed by atoms with Crippen molar-refractivity contribution in [3.05, 3.63) is 82.9 Å². The summed E-state index contributed by atoms with van der Waals surface area (Å²) in [6.07, 6.45) is 0. The molecule has 43 heavy (non-hydrogen) atoms. The van der Waals surface area contributed by atoms with Crippen LogP contribution in [0, 0.1) is 0 Å². The van der Waals surface area contributed by atoms with Gasteiger partial charge in [-0.25, -0.2) is 9.59 Å². The van der Waals surface area contributed by atoms with E-state index in [0.717, 1.165) is 32.4 Å². The highest BCUT2D eigenvalue weighted by atomic mass is 32.2. The van der Waals surface area contributed by atoms with E-state index in [0.29, 0.717) is 39.4 Å². The summed E-state index contributed by atoms with van der Waals surface area (Å²) in [6.45, 7) is 15.2. The molecule has 3 aromatic rings. The molecule has 9 heteroatoms. The summed E-state index contributed by atoms with van der Waals surface area (Å²) in [4.78, 5) is 26.8. The number of fused-ring (bicyclic) bond motifs is 4. The predicted molar refractivity (Wildman–Crippen MR) is 172 cm³/mol. The Balaban J connectivity index is 1.62. The minimum absolute atomic E-state index is 0.0472. The molecule has 230 valence electrons. The Hall–Kier alpha value is -3.85. The van der Waals surface area contributed by atoms with E-state index in [9.17, 15) is 9.59 Å². The zero-order valence-corrected chi connectivity index (χ0v) is 26.9. The van der Waals surface area contributed by atoms with Crippen LogP contribution in [-0.2, 0) is 23.9 Å². The number of urea groups is 2. The third-order valence-corrected chi connectivity index (χ3v) is 8.11. The summed E-state index contributed by atoms with van der Waals surface area (Å²) in [6, 6.07) is 19.7. The van der Waals surface area contributed by atoms with Crippen molar-refractivity contribution in [1.82, 2.24) is 21.3 Å². The number of carbonyl (C=O) groups is 2. The molecule has 4 rings (SSSR count). The van der Waals surface area contributed by atoms with Crippen molar-refractivity contribution >= 4 is 23.8 Å². The maximum Gasteiger partial charge on any atom is 0.315 e. The average Bonchev–Trinajstić information content (AvgIpc) is 2.95. The van der Waals surface area contributed by atoms with E-state index in [-0.39, 0.29) is 22.9 Å². The molecule has 2 bridgehead atoms. The highest BCUT2D eigenvalue weighted by Crippen LogP contribution is 2.43. The first kappa shape index (κ1) is 32.1. The van der Waals surface area contributed by atoms with Crippen molar-refractivity contribution in [2.45, 2.75) is 75.3 Å². The molecule has 0 aliphatic carbocycles. The van der Waals surface area contributed by atoms with E-state index >= 15 is 0 Å². The fourth-order valence-electron chi connectivity index (χ4n) is 4.46. The van der Waals surface area contributed by atoms with Crippen molar-refractivity contribution in [1.29, 1.82) is 0 Å². The number of carbonyl (C=O) groups excluding carboxylic acids is 2. The van der Waals surface area contributed by atoms with Crippen molar-refractivity contribution in [2.24, 2.45) is 0 Å². The van der Waals surface area contributed by atoms with Gasteiger partial charge in [-0.05, 0) is 57.3 Å². The van der Waals surface area contributed by atoms with Crippen molar-refractivity contribution < 1.29 is 19.1 Å². The van der Waals surface area contributed by atoms with Gasteiger partial charge in [0.15, 0.2) is 0 Å². The van der Waals surface area contributed by atoms with Gasteiger partial charge in [-0.3, -0.25) is 0 Å². The molecule has 1 aliphatic heterocycles. The SMILES string of the molecule is CC(C)(C)c1ccc2c(c1)Sc1cc(C(C)(C)C)ccc1OCCNC(=O)NCc1cccc(c1)CNC(=O)NCCO2. The second kappa shape index (κ2) is 14.1. The van der Waals surface area contributed by atoms with Gasteiger partial charge in [0.05, 0.1) is 22.9 Å². The van der Waals surface area contributed by atoms with Crippen LogP contribution in [-0.4, -0.2) is 38.4 Å². The Bertz CT molecular complexity index is 1330. The van der Waals surface area contributed by atoms with Crippen LogP contribution in [0.2, 0.25) is 0 Å². The van der Waals surface area contributed by atoms with Crippen LogP contribution in [0.4, 0.5) is 9.59 Å². The molecule has 0 aromatic heterocycles. The van der Waals surface area contributed by atoms with Crippen LogP contribution >= 0.6 is 11.8 Å². The third kappa shape index (κ3) is 9.58. The molecule has 0 fully saturated rings. The summed E-state index contributed by atoms with van der Waals surface area (Å²) >= 11 is 1.60. The summed E-state index contributed by atoms with van der Waals surface area (Å²) in [5, 5.41) is 11.5. The molecule has 0 spiro atoms. The van der Waals surface area contributed by atoms with E-state index < -0.39 is 0 Å². The van der Waals surface area contributed by atoms with Crippen LogP contribution in [0.1, 0.15) is 63.8 Å². The standard InChI is InChI=1S/C34H44N4O4S/c1-33(2,3)25-10-12-27-29(19-25)43-30-20-26(34(4,5)6)11-13-28(30)42-17-15-36-32(40)38-22-24-9-7-8-23(18-24)21-37-31(39)35-14-16-41-27/h7-13,18-20H,14-17,21-22H2,1-6H3,(H2,35,37,39)(H2,36,38,40). The Kier molecular flexibility index (Phi) is 10.5. The molecular formula is C34H44N4O4S. The maximum atomic E-state index is 12.5. The number of hydrogen-bond acceptors (Lipinski definition) is 5. The molecule has 1 heterocycles. The highest BCUT2D eigenvalue weighted by Gasteiger charge is 2.21. The van der Waals surface area contributed by atoms with E-state index in [1.807, 2.05) is 36.4 Å². The Morgan fingerprint density at radius 3 is 1.47 bits per heavy atom. The number of ether oxygens (including phenoxy) is 2. The molecule has 0 saturated heterocycles. The molecular weight excluding hydrogens is 560 g/mol. The van der Waals surface area contributed by atoms with E-state index in [1.165, 1.54) is 11.1 Å². The van der Waals surface area contributed by atoms with Gasteiger partial charge in [-0.1, -0.05) is 89.7 Å². The average molecular weight is 605 g/mol. The van der Waals surface area contributed by atoms with Gasteiger partial charge in [0.1, 0.15) is 24.7 Å². The normalized spacial score (nSPS) is 15.8. The lowest BCUT2D eigenvalue weighted by Gasteiger charge is -2.23. The van der Waals surface area contributed by atoms with E-state index in [2.05, 4.69) is 87.1 Å². The first-order chi connectivity index (χ1) is 20.4. The van der Waals surface area contributed by atoms with Gasteiger partial charge in [0, 0.05) is 13.1 Å². The molecule has 8 nitrogen and oxygen atoms in total. The summed E-state index contributed by atoms with van der Waals surface area (Å²) < 4.78 is 12.4. The number of hydrogen-bond donors (Lipinski definition) is 4. The lowest BCUT2D eigenvalue weighted by Crippen LogP contribution is -2.37. The second-order valence-electron chi connectivity index (χ2n) is 12.7. The quantitative estimate of drug-likeness (QED) is 0.235. The molecule has 0 atom stereocenters. The molecule has 4 N–H and O–H groups in total. The lowest BCUT2D eigenvalue weighted by atomic mass is 9.87. The summed E-state index contributed by atoms with van der Waals surface area (Å²) in [5.74, 6) is 1.48. The van der Waals surface area contributed by atoms with E-state index in [1.54, 1.807) is 11.8 Å². The fraction of sp³-hybridized carbons (Fsp3) is 0.412. The number of nitrogens with one attached hydrogen (secondary N) is 4. The minimum atomic E-state index is -0.271. The van der Waals surface area contributed by atoms with Crippen molar-refractivity contribution in [2.75, 3.05) is 26.3 Å². The van der Waals surface area contributed by atoms with Crippen LogP contribution < -0.4 is 30.7 Å². The monoisotopic (exact) mass is 604 g/mol. The molecule has 1 aliphatic rings. The molecule has 0 unspecified atom stereocenters. The first-order valence-corrected chi connectivity index (χ1v) is 15.5. The van der Waals surface area contributed by atoms with Gasteiger partial charge in [-0.2, -0.15) is 0 Å². The van der Waals surface area contributed by atoms with Gasteiger partial charge in [-0.15, -0.1) is 0 Å². The summed E-state index contributed by atoms with van der Waals surface area (Å²) in [5.41, 5.74) is 4.17. The minimum Gasteiger partial charge on any atom is -0.491 e. The largest absolute Gasteiger partial charge is 0.491 e. The zero-order valence-electron chi connectivity index (χ0n) is 26.1. The number of amides is 4. The maximum absolute atomic E-state index is 12.5. The first-order valence-electron chi connectivity index (χ1n) is 14.7. The zero-order chi connectivity index (χ0) is 31.0. The van der Waals surface area contributed by atoms with Gasteiger partial charge >= 0.3 is 12.1 Å². The number of rotatable bonds is 0. The number of benzene rings is 3. The second-order valence-corrected chi connectivity index (χ2v) is 13.7. The Morgan fingerprint density at radius 2 is 1.05 bits per heavy atom.